The number of carboxylic acid groups (broad SMARTS) is 1. The maximum Gasteiger partial charge on any atom is 0.326 e. The summed E-state index contributed by atoms with van der Waals surface area (Å²) in [7, 11) is 0. The van der Waals surface area contributed by atoms with E-state index in [0.717, 1.165) is 15.6 Å². The predicted octanol–water partition coefficient (Wildman–Crippen LogP) is 2.31. The van der Waals surface area contributed by atoms with Crippen LogP contribution < -0.4 is 10.6 Å². The minimum absolute atomic E-state index is 0.145. The second kappa shape index (κ2) is 9.87. The molecule has 0 bridgehead atoms. The molecule has 0 saturated carbocycles. The van der Waals surface area contributed by atoms with Crippen LogP contribution in [0, 0.1) is 0 Å². The van der Waals surface area contributed by atoms with E-state index >= 15 is 0 Å². The number of hydrogen-bond acceptors (Lipinski definition) is 3. The van der Waals surface area contributed by atoms with E-state index < -0.39 is 24.0 Å². The molecule has 0 heterocycles. The van der Waals surface area contributed by atoms with E-state index in [9.17, 15) is 19.5 Å². The second-order valence-corrected chi connectivity index (χ2v) is 7.09. The highest BCUT2D eigenvalue weighted by molar-refractivity contribution is 9.10. The van der Waals surface area contributed by atoms with Gasteiger partial charge in [0.15, 0.2) is 0 Å². The molecule has 27 heavy (non-hydrogen) atoms. The summed E-state index contributed by atoms with van der Waals surface area (Å²) in [4.78, 5) is 35.7. The number of carboxylic acids is 1. The van der Waals surface area contributed by atoms with E-state index in [4.69, 9.17) is 0 Å². The second-order valence-electron chi connectivity index (χ2n) is 6.17. The van der Waals surface area contributed by atoms with Crippen LogP contribution in [0.15, 0.2) is 59.1 Å². The van der Waals surface area contributed by atoms with E-state index in [1.54, 1.807) is 12.1 Å². The summed E-state index contributed by atoms with van der Waals surface area (Å²) in [5.74, 6) is -2.02. The molecule has 142 valence electrons. The molecule has 2 amide bonds. The molecule has 7 heteroatoms. The molecule has 2 atom stereocenters. The van der Waals surface area contributed by atoms with E-state index in [-0.39, 0.29) is 18.7 Å². The van der Waals surface area contributed by atoms with Crippen molar-refractivity contribution in [1.29, 1.82) is 0 Å². The standard InChI is InChI=1S/C20H21BrN2O4/c1-13(24)22-17(11-14-5-3-2-4-6-14)19(25)23-18(20(26)27)12-15-7-9-16(21)10-8-15/h2-10,17-18H,11-12H2,1H3,(H,22,24)(H,23,25)(H,26,27)/t17-,18+/m0/s1. The lowest BCUT2D eigenvalue weighted by atomic mass is 10.0. The molecule has 3 N–H and O–H groups in total. The van der Waals surface area contributed by atoms with Crippen molar-refractivity contribution in [3.8, 4) is 0 Å². The third-order valence-electron chi connectivity index (χ3n) is 3.94. The van der Waals surface area contributed by atoms with Crippen molar-refractivity contribution >= 4 is 33.7 Å². The molecular weight excluding hydrogens is 412 g/mol. The summed E-state index contributed by atoms with van der Waals surface area (Å²) >= 11 is 3.33. The molecule has 0 radical (unpaired) electrons. The van der Waals surface area contributed by atoms with Crippen LogP contribution in [0.3, 0.4) is 0 Å². The molecule has 6 nitrogen and oxygen atoms in total. The summed E-state index contributed by atoms with van der Waals surface area (Å²) in [5, 5.41) is 14.6. The fraction of sp³-hybridized carbons (Fsp3) is 0.250. The van der Waals surface area contributed by atoms with Gasteiger partial charge in [0.05, 0.1) is 0 Å². The highest BCUT2D eigenvalue weighted by Crippen LogP contribution is 2.12. The molecule has 0 aliphatic carbocycles. The van der Waals surface area contributed by atoms with Gasteiger partial charge in [-0.2, -0.15) is 0 Å². The van der Waals surface area contributed by atoms with Gasteiger partial charge >= 0.3 is 5.97 Å². The number of halogens is 1. The van der Waals surface area contributed by atoms with Crippen molar-refractivity contribution in [2.24, 2.45) is 0 Å². The monoisotopic (exact) mass is 432 g/mol. The average Bonchev–Trinajstić information content (AvgIpc) is 2.62. The molecule has 0 unspecified atom stereocenters. The maximum atomic E-state index is 12.6. The maximum absolute atomic E-state index is 12.6. The Hall–Kier alpha value is -2.67. The van der Waals surface area contributed by atoms with Crippen molar-refractivity contribution < 1.29 is 19.5 Å². The molecule has 2 aromatic rings. The van der Waals surface area contributed by atoms with Crippen LogP contribution in [-0.4, -0.2) is 35.0 Å². The average molecular weight is 433 g/mol. The lowest BCUT2D eigenvalue weighted by molar-refractivity contribution is -0.142. The summed E-state index contributed by atoms with van der Waals surface area (Å²) in [6, 6.07) is 14.5. The highest BCUT2D eigenvalue weighted by atomic mass is 79.9. The van der Waals surface area contributed by atoms with Crippen molar-refractivity contribution in [3.05, 3.63) is 70.2 Å². The number of benzene rings is 2. The largest absolute Gasteiger partial charge is 0.480 e. The zero-order valence-electron chi connectivity index (χ0n) is 14.8. The Morgan fingerprint density at radius 1 is 0.889 bits per heavy atom. The van der Waals surface area contributed by atoms with Crippen LogP contribution in [0.1, 0.15) is 18.1 Å². The van der Waals surface area contributed by atoms with Crippen molar-refractivity contribution in [3.63, 3.8) is 0 Å². The van der Waals surface area contributed by atoms with Gasteiger partial charge in [0, 0.05) is 24.2 Å². The molecule has 0 aliphatic heterocycles. The van der Waals surface area contributed by atoms with Gasteiger partial charge in [-0.15, -0.1) is 0 Å². The van der Waals surface area contributed by atoms with E-state index in [1.165, 1.54) is 6.92 Å². The Bertz CT molecular complexity index is 793. The number of amides is 2. The van der Waals surface area contributed by atoms with Gasteiger partial charge in [-0.3, -0.25) is 9.59 Å². The minimum Gasteiger partial charge on any atom is -0.480 e. The van der Waals surface area contributed by atoms with Gasteiger partial charge in [0.2, 0.25) is 11.8 Å². The molecule has 2 aromatic carbocycles. The summed E-state index contributed by atoms with van der Waals surface area (Å²) in [6.45, 7) is 1.32. The Balaban J connectivity index is 2.10. The number of rotatable bonds is 8. The van der Waals surface area contributed by atoms with Gasteiger partial charge in [-0.05, 0) is 23.3 Å². The first-order valence-corrected chi connectivity index (χ1v) is 9.23. The zero-order valence-corrected chi connectivity index (χ0v) is 16.4. The third kappa shape index (κ3) is 6.86. The Kier molecular flexibility index (Phi) is 7.55. The predicted molar refractivity (Wildman–Crippen MR) is 105 cm³/mol. The minimum atomic E-state index is -1.13. The SMILES string of the molecule is CC(=O)N[C@@H](Cc1ccccc1)C(=O)N[C@H](Cc1ccc(Br)cc1)C(=O)O. The molecule has 0 spiro atoms. The Labute approximate surface area is 166 Å². The van der Waals surface area contributed by atoms with Gasteiger partial charge in [0.25, 0.3) is 0 Å². The van der Waals surface area contributed by atoms with Gasteiger partial charge in [-0.25, -0.2) is 4.79 Å². The molecular formula is C20H21BrN2O4. The lowest BCUT2D eigenvalue weighted by Gasteiger charge is -2.21. The van der Waals surface area contributed by atoms with Crippen molar-refractivity contribution in [2.75, 3.05) is 0 Å². The number of hydrogen-bond donors (Lipinski definition) is 3. The Morgan fingerprint density at radius 3 is 2.00 bits per heavy atom. The van der Waals surface area contributed by atoms with Crippen LogP contribution >= 0.6 is 15.9 Å². The van der Waals surface area contributed by atoms with Crippen LogP contribution in [-0.2, 0) is 27.2 Å². The zero-order chi connectivity index (χ0) is 19.8. The summed E-state index contributed by atoms with van der Waals surface area (Å²) in [6.07, 6.45) is 0.420. The smallest absolute Gasteiger partial charge is 0.326 e. The summed E-state index contributed by atoms with van der Waals surface area (Å²) < 4.78 is 0.885. The van der Waals surface area contributed by atoms with Crippen molar-refractivity contribution in [2.45, 2.75) is 31.8 Å². The molecule has 2 rings (SSSR count). The molecule has 0 saturated heterocycles. The van der Waals surface area contributed by atoms with Crippen LogP contribution in [0.5, 0.6) is 0 Å². The molecule has 0 fully saturated rings. The fourth-order valence-electron chi connectivity index (χ4n) is 2.63. The molecule has 0 aromatic heterocycles. The third-order valence-corrected chi connectivity index (χ3v) is 4.47. The number of aliphatic carboxylic acids is 1. The van der Waals surface area contributed by atoms with E-state index in [1.807, 2.05) is 42.5 Å². The fourth-order valence-corrected chi connectivity index (χ4v) is 2.90. The summed E-state index contributed by atoms with van der Waals surface area (Å²) in [5.41, 5.74) is 1.65. The normalized spacial score (nSPS) is 12.7. The van der Waals surface area contributed by atoms with Gasteiger partial charge in [-0.1, -0.05) is 58.4 Å². The van der Waals surface area contributed by atoms with Gasteiger partial charge in [0.1, 0.15) is 12.1 Å². The van der Waals surface area contributed by atoms with Gasteiger partial charge < -0.3 is 15.7 Å². The Morgan fingerprint density at radius 2 is 1.44 bits per heavy atom. The number of nitrogens with one attached hydrogen (secondary N) is 2. The highest BCUT2D eigenvalue weighted by Gasteiger charge is 2.26. The first-order valence-electron chi connectivity index (χ1n) is 8.44. The quantitative estimate of drug-likeness (QED) is 0.596. The first-order chi connectivity index (χ1) is 12.8. The number of carbonyl (C=O) groups is 3. The van der Waals surface area contributed by atoms with E-state index in [0.29, 0.717) is 0 Å². The first kappa shape index (κ1) is 20.6. The lowest BCUT2D eigenvalue weighted by Crippen LogP contribution is -2.52. The van der Waals surface area contributed by atoms with Crippen LogP contribution in [0.25, 0.3) is 0 Å². The van der Waals surface area contributed by atoms with Crippen molar-refractivity contribution in [1.82, 2.24) is 10.6 Å². The van der Waals surface area contributed by atoms with Crippen LogP contribution in [0.2, 0.25) is 0 Å². The topological polar surface area (TPSA) is 95.5 Å². The van der Waals surface area contributed by atoms with Crippen LogP contribution in [0.4, 0.5) is 0 Å². The number of carbonyl (C=O) groups excluding carboxylic acids is 2. The van der Waals surface area contributed by atoms with E-state index in [2.05, 4.69) is 26.6 Å². The molecule has 0 aliphatic rings.